The molecule has 23 heavy (non-hydrogen) atoms. The zero-order chi connectivity index (χ0) is 16.2. The van der Waals surface area contributed by atoms with Gasteiger partial charge < -0.3 is 10.1 Å². The number of nitrogens with one attached hydrogen (secondary N) is 1. The number of benzene rings is 1. The van der Waals surface area contributed by atoms with E-state index in [9.17, 15) is 4.79 Å². The van der Waals surface area contributed by atoms with E-state index in [0.717, 1.165) is 36.5 Å². The number of halogens is 1. The van der Waals surface area contributed by atoms with Crippen LogP contribution < -0.4 is 5.32 Å². The van der Waals surface area contributed by atoms with E-state index in [4.69, 9.17) is 16.3 Å². The van der Waals surface area contributed by atoms with Crippen LogP contribution in [-0.2, 0) is 11.2 Å². The van der Waals surface area contributed by atoms with Crippen LogP contribution in [0.15, 0.2) is 36.4 Å². The molecule has 1 aliphatic heterocycles. The molecule has 1 aliphatic rings. The molecule has 1 aromatic heterocycles. The second-order valence-corrected chi connectivity index (χ2v) is 6.11. The molecule has 5 heteroatoms. The van der Waals surface area contributed by atoms with E-state index in [2.05, 4.69) is 10.3 Å². The van der Waals surface area contributed by atoms with Crippen molar-refractivity contribution >= 4 is 17.4 Å². The third-order valence-electron chi connectivity index (χ3n) is 3.89. The number of carbonyl (C=O) groups excluding carboxylic acids is 1. The van der Waals surface area contributed by atoms with Crippen molar-refractivity contribution in [1.82, 2.24) is 10.3 Å². The lowest BCUT2D eigenvalue weighted by Crippen LogP contribution is -2.33. The highest BCUT2D eigenvalue weighted by Gasteiger charge is 2.16. The molecule has 120 valence electrons. The van der Waals surface area contributed by atoms with Crippen molar-refractivity contribution in [2.75, 3.05) is 19.7 Å². The van der Waals surface area contributed by atoms with Gasteiger partial charge in [-0.25, -0.2) is 4.98 Å². The highest BCUT2D eigenvalue weighted by molar-refractivity contribution is 6.29. The van der Waals surface area contributed by atoms with Gasteiger partial charge in [0, 0.05) is 30.8 Å². The number of pyridine rings is 1. The van der Waals surface area contributed by atoms with Crippen LogP contribution in [0.25, 0.3) is 0 Å². The average molecular weight is 331 g/mol. The van der Waals surface area contributed by atoms with E-state index in [1.54, 1.807) is 12.1 Å². The normalized spacial score (nSPS) is 17.9. The topological polar surface area (TPSA) is 51.2 Å². The molecule has 0 spiro atoms. The van der Waals surface area contributed by atoms with Crippen LogP contribution in [0.5, 0.6) is 0 Å². The van der Waals surface area contributed by atoms with E-state index in [-0.39, 0.29) is 11.9 Å². The number of ketones is 1. The van der Waals surface area contributed by atoms with Crippen LogP contribution in [0.2, 0.25) is 5.15 Å². The fourth-order valence-corrected chi connectivity index (χ4v) is 2.96. The molecule has 1 fully saturated rings. The van der Waals surface area contributed by atoms with Crippen LogP contribution in [0, 0.1) is 6.92 Å². The van der Waals surface area contributed by atoms with Gasteiger partial charge in [0.05, 0.1) is 12.7 Å². The first-order chi connectivity index (χ1) is 11.1. The minimum atomic E-state index is 0.0423. The number of hydrogen-bond donors (Lipinski definition) is 1. The Balaban J connectivity index is 1.68. The lowest BCUT2D eigenvalue weighted by atomic mass is 10.0. The first-order valence-corrected chi connectivity index (χ1v) is 8.08. The lowest BCUT2D eigenvalue weighted by molar-refractivity contribution is 0.0277. The van der Waals surface area contributed by atoms with Gasteiger partial charge in [-0.15, -0.1) is 0 Å². The Morgan fingerprint density at radius 2 is 2.13 bits per heavy atom. The van der Waals surface area contributed by atoms with E-state index >= 15 is 0 Å². The maximum Gasteiger partial charge on any atom is 0.167 e. The van der Waals surface area contributed by atoms with Crippen molar-refractivity contribution in [3.8, 4) is 0 Å². The second kappa shape index (κ2) is 7.21. The number of rotatable bonds is 4. The number of aryl methyl sites for hydroxylation is 1. The maximum absolute atomic E-state index is 12.4. The molecule has 0 bridgehead atoms. The Morgan fingerprint density at radius 3 is 2.78 bits per heavy atom. The van der Waals surface area contributed by atoms with Crippen molar-refractivity contribution in [3.63, 3.8) is 0 Å². The van der Waals surface area contributed by atoms with E-state index in [1.807, 2.05) is 31.2 Å². The fourth-order valence-electron chi connectivity index (χ4n) is 2.71. The number of nitrogens with zero attached hydrogens (tertiary/aromatic N) is 1. The molecule has 0 unspecified atom stereocenters. The van der Waals surface area contributed by atoms with E-state index < -0.39 is 0 Å². The lowest BCUT2D eigenvalue weighted by Gasteiger charge is -2.24. The summed E-state index contributed by atoms with van der Waals surface area (Å²) in [6.07, 6.45) is 0.444. The monoisotopic (exact) mass is 330 g/mol. The van der Waals surface area contributed by atoms with E-state index in [1.165, 1.54) is 0 Å². The number of aromatic nitrogens is 1. The highest BCUT2D eigenvalue weighted by Crippen LogP contribution is 2.20. The SMILES string of the molecule is Cc1cc(C(=O)Cc2ccc([C@@H]3CNCCO3)cc2)cc(Cl)n1. The highest BCUT2D eigenvalue weighted by atomic mass is 35.5. The summed E-state index contributed by atoms with van der Waals surface area (Å²) in [5.74, 6) is 0.0423. The maximum atomic E-state index is 12.4. The molecule has 0 saturated carbocycles. The molecule has 1 atom stereocenters. The van der Waals surface area contributed by atoms with Gasteiger partial charge in [0.15, 0.2) is 5.78 Å². The molecular formula is C18H19ClN2O2. The van der Waals surface area contributed by atoms with Crippen LogP contribution in [0.1, 0.15) is 33.3 Å². The zero-order valence-corrected chi connectivity index (χ0v) is 13.8. The van der Waals surface area contributed by atoms with Crippen molar-refractivity contribution in [1.29, 1.82) is 0 Å². The van der Waals surface area contributed by atoms with Crippen LogP contribution in [-0.4, -0.2) is 30.5 Å². The third kappa shape index (κ3) is 4.16. The number of Topliss-reactive ketones (excluding diaryl/α,β-unsaturated/α-hetero) is 1. The summed E-state index contributed by atoms with van der Waals surface area (Å²) in [6.45, 7) is 4.28. The second-order valence-electron chi connectivity index (χ2n) is 5.73. The summed E-state index contributed by atoms with van der Waals surface area (Å²) >= 11 is 5.92. The Bertz CT molecular complexity index is 674. The molecule has 1 N–H and O–H groups in total. The Labute approximate surface area is 140 Å². The van der Waals surface area contributed by atoms with Gasteiger partial charge in [0.1, 0.15) is 5.15 Å². The molecule has 0 radical (unpaired) electrons. The molecule has 1 aromatic carbocycles. The first kappa shape index (κ1) is 16.1. The van der Waals surface area contributed by atoms with Crippen molar-refractivity contribution < 1.29 is 9.53 Å². The molecule has 0 aliphatic carbocycles. The summed E-state index contributed by atoms with van der Waals surface area (Å²) in [4.78, 5) is 16.5. The molecule has 0 amide bonds. The smallest absolute Gasteiger partial charge is 0.167 e. The molecule has 4 nitrogen and oxygen atoms in total. The van der Waals surface area contributed by atoms with Crippen molar-refractivity contribution in [2.24, 2.45) is 0 Å². The summed E-state index contributed by atoms with van der Waals surface area (Å²) in [5.41, 5.74) is 3.47. The third-order valence-corrected chi connectivity index (χ3v) is 4.08. The molecule has 2 aromatic rings. The summed E-state index contributed by atoms with van der Waals surface area (Å²) < 4.78 is 5.73. The van der Waals surface area contributed by atoms with Crippen molar-refractivity contribution in [3.05, 3.63) is 63.9 Å². The molecule has 3 rings (SSSR count). The van der Waals surface area contributed by atoms with Crippen LogP contribution in [0.3, 0.4) is 0 Å². The molecule has 2 heterocycles. The average Bonchev–Trinajstić information content (AvgIpc) is 2.55. The van der Waals surface area contributed by atoms with Crippen molar-refractivity contribution in [2.45, 2.75) is 19.4 Å². The van der Waals surface area contributed by atoms with Gasteiger partial charge in [-0.1, -0.05) is 35.9 Å². The molecule has 1 saturated heterocycles. The van der Waals surface area contributed by atoms with Crippen LogP contribution in [0.4, 0.5) is 0 Å². The number of hydrogen-bond acceptors (Lipinski definition) is 4. The predicted octanol–water partition coefficient (Wildman–Crippen LogP) is 3.13. The van der Waals surface area contributed by atoms with Gasteiger partial charge in [-0.3, -0.25) is 4.79 Å². The van der Waals surface area contributed by atoms with E-state index in [0.29, 0.717) is 17.1 Å². The predicted molar refractivity (Wildman–Crippen MR) is 90.0 cm³/mol. The molecular weight excluding hydrogens is 312 g/mol. The number of morpholine rings is 1. The van der Waals surface area contributed by atoms with Gasteiger partial charge >= 0.3 is 0 Å². The quantitative estimate of drug-likeness (QED) is 0.691. The minimum Gasteiger partial charge on any atom is -0.371 e. The Morgan fingerprint density at radius 1 is 1.35 bits per heavy atom. The van der Waals surface area contributed by atoms with Crippen LogP contribution >= 0.6 is 11.6 Å². The number of ether oxygens (including phenoxy) is 1. The Hall–Kier alpha value is -1.75. The van der Waals surface area contributed by atoms with Gasteiger partial charge in [0.2, 0.25) is 0 Å². The Kier molecular flexibility index (Phi) is 5.06. The summed E-state index contributed by atoms with van der Waals surface area (Å²) in [7, 11) is 0. The summed E-state index contributed by atoms with van der Waals surface area (Å²) in [5, 5.41) is 3.67. The van der Waals surface area contributed by atoms with Gasteiger partial charge in [0.25, 0.3) is 0 Å². The zero-order valence-electron chi connectivity index (χ0n) is 13.0. The number of carbonyl (C=O) groups is 1. The standard InChI is InChI=1S/C18H19ClN2O2/c1-12-8-15(10-18(19)21-12)16(22)9-13-2-4-14(5-3-13)17-11-20-6-7-23-17/h2-5,8,10,17,20H,6-7,9,11H2,1H3/t17-/m0/s1. The summed E-state index contributed by atoms with van der Waals surface area (Å²) in [6, 6.07) is 11.4. The first-order valence-electron chi connectivity index (χ1n) is 7.70. The fraction of sp³-hybridized carbons (Fsp3) is 0.333. The van der Waals surface area contributed by atoms with Gasteiger partial charge in [-0.2, -0.15) is 0 Å². The minimum absolute atomic E-state index is 0.0423. The largest absolute Gasteiger partial charge is 0.371 e. The van der Waals surface area contributed by atoms with Gasteiger partial charge in [-0.05, 0) is 30.2 Å².